The van der Waals surface area contributed by atoms with E-state index in [9.17, 15) is 9.59 Å². The molecule has 33 heavy (non-hydrogen) atoms. The zero-order valence-electron chi connectivity index (χ0n) is 19.0. The van der Waals surface area contributed by atoms with E-state index in [-0.39, 0.29) is 18.4 Å². The van der Waals surface area contributed by atoms with Gasteiger partial charge in [0.25, 0.3) is 0 Å². The van der Waals surface area contributed by atoms with E-state index in [1.807, 2.05) is 91.9 Å². The number of nitrogens with one attached hydrogen (secondary N) is 1. The Morgan fingerprint density at radius 3 is 2.12 bits per heavy atom. The molecule has 1 atom stereocenters. The molecule has 0 bridgehead atoms. The summed E-state index contributed by atoms with van der Waals surface area (Å²) in [6, 6.07) is 26.6. The van der Waals surface area contributed by atoms with Gasteiger partial charge in [-0.3, -0.25) is 9.59 Å². The molecular formula is C28H31ClN2O2. The molecule has 1 N–H and O–H groups in total. The molecular weight excluding hydrogens is 432 g/mol. The highest BCUT2D eigenvalue weighted by molar-refractivity contribution is 6.31. The van der Waals surface area contributed by atoms with Crippen LogP contribution in [0.15, 0.2) is 84.9 Å². The highest BCUT2D eigenvalue weighted by Gasteiger charge is 2.30. The van der Waals surface area contributed by atoms with Crippen LogP contribution < -0.4 is 5.32 Å². The van der Waals surface area contributed by atoms with Gasteiger partial charge in [0.15, 0.2) is 0 Å². The maximum atomic E-state index is 13.5. The average Bonchev–Trinajstić information content (AvgIpc) is 2.85. The summed E-state index contributed by atoms with van der Waals surface area (Å²) in [5, 5.41) is 3.59. The number of amides is 2. The van der Waals surface area contributed by atoms with Crippen molar-refractivity contribution in [2.45, 2.75) is 45.2 Å². The molecule has 0 spiro atoms. The fraction of sp³-hybridized carbons (Fsp3) is 0.286. The predicted octanol–water partition coefficient (Wildman–Crippen LogP) is 5.44. The van der Waals surface area contributed by atoms with Crippen molar-refractivity contribution in [1.29, 1.82) is 0 Å². The Morgan fingerprint density at radius 1 is 0.879 bits per heavy atom. The highest BCUT2D eigenvalue weighted by atomic mass is 35.5. The summed E-state index contributed by atoms with van der Waals surface area (Å²) in [4.78, 5) is 28.5. The molecule has 0 aromatic heterocycles. The van der Waals surface area contributed by atoms with Crippen LogP contribution in [0.3, 0.4) is 0 Å². The molecule has 0 aliphatic carbocycles. The average molecular weight is 463 g/mol. The van der Waals surface area contributed by atoms with Crippen LogP contribution >= 0.6 is 11.6 Å². The normalized spacial score (nSPS) is 11.6. The first-order valence-corrected chi connectivity index (χ1v) is 11.8. The molecule has 3 aromatic carbocycles. The largest absolute Gasteiger partial charge is 0.354 e. The lowest BCUT2D eigenvalue weighted by atomic mass is 10.0. The van der Waals surface area contributed by atoms with Crippen LogP contribution in [-0.2, 0) is 29.0 Å². The first-order chi connectivity index (χ1) is 16.1. The van der Waals surface area contributed by atoms with Crippen molar-refractivity contribution < 1.29 is 9.59 Å². The number of halogens is 1. The number of benzene rings is 3. The molecule has 0 aliphatic rings. The Bertz CT molecular complexity index is 1020. The Morgan fingerprint density at radius 2 is 1.48 bits per heavy atom. The van der Waals surface area contributed by atoms with E-state index in [0.717, 1.165) is 23.1 Å². The number of rotatable bonds is 11. The van der Waals surface area contributed by atoms with Crippen molar-refractivity contribution in [3.63, 3.8) is 0 Å². The molecule has 3 rings (SSSR count). The van der Waals surface area contributed by atoms with Crippen LogP contribution in [0.4, 0.5) is 0 Å². The Hall–Kier alpha value is -3.11. The number of hydrogen-bond donors (Lipinski definition) is 1. The molecule has 0 radical (unpaired) electrons. The van der Waals surface area contributed by atoms with Gasteiger partial charge in [0.05, 0.1) is 0 Å². The number of nitrogens with zero attached hydrogens (tertiary/aromatic N) is 1. The zero-order valence-corrected chi connectivity index (χ0v) is 19.8. The number of carbonyl (C=O) groups is 2. The number of hydrogen-bond acceptors (Lipinski definition) is 2. The third kappa shape index (κ3) is 7.47. The summed E-state index contributed by atoms with van der Waals surface area (Å²) in [5.74, 6) is -0.202. The van der Waals surface area contributed by atoms with Gasteiger partial charge in [-0.1, -0.05) is 97.4 Å². The number of aryl methyl sites for hydroxylation is 1. The summed E-state index contributed by atoms with van der Waals surface area (Å²) < 4.78 is 0. The van der Waals surface area contributed by atoms with E-state index in [2.05, 4.69) is 5.32 Å². The Labute approximate surface area is 201 Å². The third-order valence-electron chi connectivity index (χ3n) is 5.59. The van der Waals surface area contributed by atoms with E-state index in [0.29, 0.717) is 30.8 Å². The van der Waals surface area contributed by atoms with Crippen LogP contribution in [0.5, 0.6) is 0 Å². The molecule has 0 fully saturated rings. The fourth-order valence-electron chi connectivity index (χ4n) is 3.77. The van der Waals surface area contributed by atoms with Gasteiger partial charge >= 0.3 is 0 Å². The van der Waals surface area contributed by atoms with Gasteiger partial charge in [0.2, 0.25) is 11.8 Å². The molecule has 0 saturated heterocycles. The third-order valence-corrected chi connectivity index (χ3v) is 5.96. The summed E-state index contributed by atoms with van der Waals surface area (Å²) in [5.41, 5.74) is 2.93. The quantitative estimate of drug-likeness (QED) is 0.412. The topological polar surface area (TPSA) is 49.4 Å². The molecule has 0 heterocycles. The molecule has 5 heteroatoms. The van der Waals surface area contributed by atoms with E-state index in [1.165, 1.54) is 0 Å². The molecule has 3 aromatic rings. The van der Waals surface area contributed by atoms with Crippen molar-refractivity contribution in [3.05, 3.63) is 107 Å². The first kappa shape index (κ1) is 24.5. The van der Waals surface area contributed by atoms with E-state index in [4.69, 9.17) is 11.6 Å². The van der Waals surface area contributed by atoms with Crippen LogP contribution in [0.25, 0.3) is 0 Å². The van der Waals surface area contributed by atoms with E-state index < -0.39 is 6.04 Å². The van der Waals surface area contributed by atoms with Crippen molar-refractivity contribution in [2.75, 3.05) is 6.54 Å². The van der Waals surface area contributed by atoms with Gasteiger partial charge in [0.1, 0.15) is 6.04 Å². The minimum atomic E-state index is -0.626. The minimum Gasteiger partial charge on any atom is -0.354 e. The lowest BCUT2D eigenvalue weighted by molar-refractivity contribution is -0.141. The van der Waals surface area contributed by atoms with Crippen molar-refractivity contribution >= 4 is 23.4 Å². The second kappa shape index (κ2) is 12.8. The summed E-state index contributed by atoms with van der Waals surface area (Å²) in [6.45, 7) is 2.87. The first-order valence-electron chi connectivity index (χ1n) is 11.5. The smallest absolute Gasteiger partial charge is 0.243 e. The van der Waals surface area contributed by atoms with Crippen molar-refractivity contribution in [1.82, 2.24) is 10.2 Å². The van der Waals surface area contributed by atoms with Crippen LogP contribution in [-0.4, -0.2) is 29.3 Å². The van der Waals surface area contributed by atoms with Gasteiger partial charge < -0.3 is 10.2 Å². The molecule has 0 saturated carbocycles. The van der Waals surface area contributed by atoms with Gasteiger partial charge in [-0.25, -0.2) is 0 Å². The minimum absolute atomic E-state index is 0.0636. The second-order valence-electron chi connectivity index (χ2n) is 8.10. The monoisotopic (exact) mass is 462 g/mol. The van der Waals surface area contributed by atoms with Gasteiger partial charge in [-0.05, 0) is 35.6 Å². The summed E-state index contributed by atoms with van der Waals surface area (Å²) in [7, 11) is 0. The molecule has 2 amide bonds. The van der Waals surface area contributed by atoms with Gasteiger partial charge in [-0.2, -0.15) is 0 Å². The van der Waals surface area contributed by atoms with Crippen LogP contribution in [0.2, 0.25) is 5.02 Å². The van der Waals surface area contributed by atoms with E-state index >= 15 is 0 Å². The lowest BCUT2D eigenvalue weighted by Crippen LogP contribution is -2.50. The summed E-state index contributed by atoms with van der Waals surface area (Å²) >= 11 is 6.44. The van der Waals surface area contributed by atoms with Gasteiger partial charge in [-0.15, -0.1) is 0 Å². The number of carbonyl (C=O) groups excluding carboxylic acids is 2. The van der Waals surface area contributed by atoms with E-state index in [1.54, 1.807) is 4.90 Å². The standard InChI is InChI=1S/C28H31ClN2O2/c1-2-19-30-28(33)26(20-23-13-7-4-8-14-23)31(21-24-15-9-10-16-25(24)29)27(32)18-17-22-11-5-3-6-12-22/h3-16,26H,2,17-21H2,1H3,(H,30,33)/t26-/m1/s1. The Balaban J connectivity index is 1.89. The highest BCUT2D eigenvalue weighted by Crippen LogP contribution is 2.21. The second-order valence-corrected chi connectivity index (χ2v) is 8.50. The lowest BCUT2D eigenvalue weighted by Gasteiger charge is -2.32. The van der Waals surface area contributed by atoms with Crippen LogP contribution in [0, 0.1) is 0 Å². The molecule has 4 nitrogen and oxygen atoms in total. The van der Waals surface area contributed by atoms with Crippen molar-refractivity contribution in [3.8, 4) is 0 Å². The Kier molecular flexibility index (Phi) is 9.52. The molecule has 0 aliphatic heterocycles. The fourth-order valence-corrected chi connectivity index (χ4v) is 3.97. The maximum Gasteiger partial charge on any atom is 0.243 e. The SMILES string of the molecule is CCCNC(=O)[C@@H](Cc1ccccc1)N(Cc1ccccc1Cl)C(=O)CCc1ccccc1. The predicted molar refractivity (Wildman–Crippen MR) is 134 cm³/mol. The van der Waals surface area contributed by atoms with Crippen LogP contribution in [0.1, 0.15) is 36.5 Å². The molecule has 172 valence electrons. The van der Waals surface area contributed by atoms with Crippen molar-refractivity contribution in [2.24, 2.45) is 0 Å². The van der Waals surface area contributed by atoms with Gasteiger partial charge in [0, 0.05) is 31.0 Å². The summed E-state index contributed by atoms with van der Waals surface area (Å²) in [6.07, 6.45) is 2.21. The maximum absolute atomic E-state index is 13.5. The molecule has 0 unspecified atom stereocenters. The zero-order chi connectivity index (χ0) is 23.5.